The highest BCUT2D eigenvalue weighted by atomic mass is 16.6. The summed E-state index contributed by atoms with van der Waals surface area (Å²) in [4.78, 5) is 24.4. The zero-order valence-corrected chi connectivity index (χ0v) is 18.5. The lowest BCUT2D eigenvalue weighted by Gasteiger charge is -2.12. The number of anilines is 1. The van der Waals surface area contributed by atoms with Crippen LogP contribution in [-0.4, -0.2) is 39.3 Å². The van der Waals surface area contributed by atoms with Gasteiger partial charge in [0.2, 0.25) is 0 Å². The highest BCUT2D eigenvalue weighted by Gasteiger charge is 2.16. The van der Waals surface area contributed by atoms with Gasteiger partial charge in [-0.25, -0.2) is 4.79 Å². The zero-order valence-electron chi connectivity index (χ0n) is 18.5. The molecule has 0 bridgehead atoms. The highest BCUT2D eigenvalue weighted by Crippen LogP contribution is 2.36. The molecule has 0 radical (unpaired) electrons. The van der Waals surface area contributed by atoms with Gasteiger partial charge in [-0.3, -0.25) is 4.79 Å². The van der Waals surface area contributed by atoms with Crippen LogP contribution in [0.4, 0.5) is 5.69 Å². The van der Waals surface area contributed by atoms with E-state index in [0.29, 0.717) is 28.5 Å². The van der Waals surface area contributed by atoms with Gasteiger partial charge in [-0.05, 0) is 36.8 Å². The predicted octanol–water partition coefficient (Wildman–Crippen LogP) is 4.47. The number of para-hydroxylation sites is 1. The van der Waals surface area contributed by atoms with Crippen molar-refractivity contribution in [2.75, 3.05) is 32.8 Å². The van der Waals surface area contributed by atoms with Crippen molar-refractivity contribution in [3.63, 3.8) is 0 Å². The maximum atomic E-state index is 12.4. The normalized spacial score (nSPS) is 10.8. The third-order valence-electron chi connectivity index (χ3n) is 5.00. The molecule has 1 amide bonds. The minimum Gasteiger partial charge on any atom is -0.495 e. The van der Waals surface area contributed by atoms with Crippen LogP contribution >= 0.6 is 0 Å². The number of furan rings is 1. The third-order valence-corrected chi connectivity index (χ3v) is 5.00. The molecule has 0 unspecified atom stereocenters. The summed E-state index contributed by atoms with van der Waals surface area (Å²) in [5.41, 5.74) is 2.74. The van der Waals surface area contributed by atoms with Crippen molar-refractivity contribution < 1.29 is 33.0 Å². The van der Waals surface area contributed by atoms with Crippen LogP contribution in [0.25, 0.3) is 21.9 Å². The summed E-state index contributed by atoms with van der Waals surface area (Å²) < 4.78 is 27.0. The van der Waals surface area contributed by atoms with Gasteiger partial charge in [0.05, 0.1) is 19.9 Å². The minimum atomic E-state index is -0.688. The quantitative estimate of drug-likeness (QED) is 0.397. The zero-order chi connectivity index (χ0) is 23.4. The molecule has 0 aliphatic rings. The van der Waals surface area contributed by atoms with Gasteiger partial charge in [0, 0.05) is 16.8 Å². The van der Waals surface area contributed by atoms with Crippen LogP contribution in [0.2, 0.25) is 0 Å². The molecule has 0 atom stereocenters. The Balaban J connectivity index is 1.37. The van der Waals surface area contributed by atoms with Crippen molar-refractivity contribution in [1.29, 1.82) is 0 Å². The largest absolute Gasteiger partial charge is 0.495 e. The van der Waals surface area contributed by atoms with E-state index >= 15 is 0 Å². The van der Waals surface area contributed by atoms with E-state index in [2.05, 4.69) is 5.32 Å². The lowest BCUT2D eigenvalue weighted by Crippen LogP contribution is -2.24. The fraction of sp³-hybridized carbons (Fsp3) is 0.200. The first-order valence-corrected chi connectivity index (χ1v) is 10.2. The third kappa shape index (κ3) is 4.85. The molecule has 1 heterocycles. The molecule has 33 heavy (non-hydrogen) atoms. The van der Waals surface area contributed by atoms with Crippen molar-refractivity contribution in [1.82, 2.24) is 0 Å². The van der Waals surface area contributed by atoms with Crippen LogP contribution in [0.1, 0.15) is 5.56 Å². The van der Waals surface area contributed by atoms with Gasteiger partial charge >= 0.3 is 5.97 Å². The molecule has 0 fully saturated rings. The maximum absolute atomic E-state index is 12.4. The molecule has 4 aromatic rings. The molecule has 3 aromatic carbocycles. The number of nitrogens with one attached hydrogen (secondary N) is 1. The number of esters is 1. The van der Waals surface area contributed by atoms with Gasteiger partial charge in [-0.2, -0.15) is 0 Å². The van der Waals surface area contributed by atoms with Crippen LogP contribution in [0.15, 0.2) is 59.0 Å². The van der Waals surface area contributed by atoms with E-state index in [4.69, 9.17) is 23.4 Å². The monoisotopic (exact) mass is 449 g/mol. The van der Waals surface area contributed by atoms with Gasteiger partial charge in [-0.15, -0.1) is 0 Å². The van der Waals surface area contributed by atoms with Crippen molar-refractivity contribution >= 4 is 39.5 Å². The standard InChI is InChI=1S/C25H23NO7/c1-15-8-9-20(23(10-15)30-3)31-14-25(28)32-13-24(27)26-18-12-21-17(11-22(18)29-2)16-6-4-5-7-19(16)33-21/h4-12H,13-14H2,1-3H3,(H,26,27). The van der Waals surface area contributed by atoms with E-state index in [1.54, 1.807) is 24.3 Å². The van der Waals surface area contributed by atoms with Crippen LogP contribution < -0.4 is 19.5 Å². The molecule has 0 spiro atoms. The molecule has 1 N–H and O–H groups in total. The van der Waals surface area contributed by atoms with E-state index in [-0.39, 0.29) is 6.61 Å². The minimum absolute atomic E-state index is 0.360. The molecule has 8 nitrogen and oxygen atoms in total. The molecule has 0 aliphatic heterocycles. The van der Waals surface area contributed by atoms with Gasteiger partial charge in [0.15, 0.2) is 24.7 Å². The molecule has 8 heteroatoms. The van der Waals surface area contributed by atoms with Crippen molar-refractivity contribution in [2.24, 2.45) is 0 Å². The van der Waals surface area contributed by atoms with Crippen LogP contribution in [0, 0.1) is 6.92 Å². The fourth-order valence-corrected chi connectivity index (χ4v) is 3.42. The summed E-state index contributed by atoms with van der Waals surface area (Å²) in [7, 11) is 3.02. The van der Waals surface area contributed by atoms with E-state index in [1.165, 1.54) is 14.2 Å². The van der Waals surface area contributed by atoms with Gasteiger partial charge in [0.1, 0.15) is 16.9 Å². The summed E-state index contributed by atoms with van der Waals surface area (Å²) in [6.07, 6.45) is 0. The van der Waals surface area contributed by atoms with E-state index in [0.717, 1.165) is 21.9 Å². The van der Waals surface area contributed by atoms with Crippen LogP contribution in [0.5, 0.6) is 17.2 Å². The molecular weight excluding hydrogens is 426 g/mol. The van der Waals surface area contributed by atoms with Gasteiger partial charge in [-0.1, -0.05) is 24.3 Å². The van der Waals surface area contributed by atoms with Crippen LogP contribution in [-0.2, 0) is 14.3 Å². The van der Waals surface area contributed by atoms with Gasteiger partial charge < -0.3 is 28.7 Å². The summed E-state index contributed by atoms with van der Waals surface area (Å²) in [5, 5.41) is 4.51. The SMILES string of the molecule is COc1cc2c(cc1NC(=O)COC(=O)COc1ccc(C)cc1OC)oc1ccccc12. The number of carbonyl (C=O) groups is 2. The number of hydrogen-bond acceptors (Lipinski definition) is 7. The molecule has 1 aromatic heterocycles. The Morgan fingerprint density at radius 3 is 2.42 bits per heavy atom. The Bertz CT molecular complexity index is 1330. The highest BCUT2D eigenvalue weighted by molar-refractivity contribution is 6.07. The fourth-order valence-electron chi connectivity index (χ4n) is 3.42. The number of benzene rings is 3. The molecule has 4 rings (SSSR count). The average molecular weight is 449 g/mol. The van der Waals surface area contributed by atoms with E-state index < -0.39 is 18.5 Å². The first-order chi connectivity index (χ1) is 16.0. The predicted molar refractivity (Wildman–Crippen MR) is 123 cm³/mol. The topological polar surface area (TPSA) is 96.2 Å². The number of aryl methyl sites for hydroxylation is 1. The lowest BCUT2D eigenvalue weighted by molar-refractivity contribution is -0.149. The summed E-state index contributed by atoms with van der Waals surface area (Å²) >= 11 is 0. The maximum Gasteiger partial charge on any atom is 0.344 e. The van der Waals surface area contributed by atoms with E-state index in [9.17, 15) is 9.59 Å². The smallest absolute Gasteiger partial charge is 0.344 e. The van der Waals surface area contributed by atoms with Crippen LogP contribution in [0.3, 0.4) is 0 Å². The second kappa shape index (κ2) is 9.52. The van der Waals surface area contributed by atoms with Crippen molar-refractivity contribution in [3.8, 4) is 17.2 Å². The second-order valence-electron chi connectivity index (χ2n) is 7.30. The Morgan fingerprint density at radius 2 is 1.64 bits per heavy atom. The summed E-state index contributed by atoms with van der Waals surface area (Å²) in [5.74, 6) is 0.169. The molecule has 0 saturated heterocycles. The van der Waals surface area contributed by atoms with Crippen molar-refractivity contribution in [2.45, 2.75) is 6.92 Å². The molecular formula is C25H23NO7. The molecule has 0 saturated carbocycles. The van der Waals surface area contributed by atoms with Crippen molar-refractivity contribution in [3.05, 3.63) is 60.2 Å². The number of fused-ring (bicyclic) bond motifs is 3. The summed E-state index contributed by atoms with van der Waals surface area (Å²) in [6, 6.07) is 16.4. The molecule has 0 aliphatic carbocycles. The Morgan fingerprint density at radius 1 is 0.848 bits per heavy atom. The second-order valence-corrected chi connectivity index (χ2v) is 7.30. The Hall–Kier alpha value is -4.20. The number of methoxy groups -OCH3 is 2. The first-order valence-electron chi connectivity index (χ1n) is 10.2. The van der Waals surface area contributed by atoms with E-state index in [1.807, 2.05) is 37.3 Å². The first kappa shape index (κ1) is 22.0. The van der Waals surface area contributed by atoms with Gasteiger partial charge in [0.25, 0.3) is 5.91 Å². The molecule has 170 valence electrons. The number of carbonyl (C=O) groups excluding carboxylic acids is 2. The number of rotatable bonds is 8. The Labute approximate surface area is 190 Å². The summed E-state index contributed by atoms with van der Waals surface area (Å²) in [6.45, 7) is 1.08. The lowest BCUT2D eigenvalue weighted by atomic mass is 10.1. The number of ether oxygens (including phenoxy) is 4. The average Bonchev–Trinajstić information content (AvgIpc) is 3.18. The Kier molecular flexibility index (Phi) is 6.35. The number of amides is 1. The number of hydrogen-bond donors (Lipinski definition) is 1.